The average molecular weight is 440 g/mol. The number of rotatable bonds is 8. The zero-order chi connectivity index (χ0) is 21.8. The van der Waals surface area contributed by atoms with Crippen LogP contribution in [0.1, 0.15) is 24.5 Å². The van der Waals surface area contributed by atoms with E-state index < -0.39 is 9.84 Å². The normalized spacial score (nSPS) is 22.1. The van der Waals surface area contributed by atoms with Gasteiger partial charge in [0.25, 0.3) is 0 Å². The molecule has 0 bridgehead atoms. The van der Waals surface area contributed by atoms with E-state index >= 15 is 0 Å². The molecule has 1 N–H and O–H groups in total. The van der Waals surface area contributed by atoms with Crippen LogP contribution in [0.5, 0.6) is 5.75 Å². The molecule has 0 aliphatic carbocycles. The van der Waals surface area contributed by atoms with Crippen molar-refractivity contribution in [1.29, 1.82) is 5.26 Å². The highest BCUT2D eigenvalue weighted by molar-refractivity contribution is 7.92. The monoisotopic (exact) mass is 439 g/mol. The standard InChI is InChI=1S/C24H29N3O3S/c1-18-11-21(16-27(18)10-9-19-3-2-4-20(12-19)13-25)17-30-22-5-7-23(8-6-22)31(28,29)24-14-26-15-24/h2-8,12,18,21,24,26H,9-11,14-17H2,1H3/t18?,21-/m0/s1. The van der Waals surface area contributed by atoms with Gasteiger partial charge in [0, 0.05) is 38.1 Å². The quantitative estimate of drug-likeness (QED) is 0.681. The van der Waals surface area contributed by atoms with Gasteiger partial charge in [0.15, 0.2) is 9.84 Å². The van der Waals surface area contributed by atoms with Crippen LogP contribution in [0.15, 0.2) is 53.4 Å². The van der Waals surface area contributed by atoms with Crippen LogP contribution < -0.4 is 10.1 Å². The molecule has 7 heteroatoms. The Morgan fingerprint density at radius 2 is 1.97 bits per heavy atom. The number of nitrogens with zero attached hydrogens (tertiary/aromatic N) is 2. The molecule has 2 aromatic carbocycles. The van der Waals surface area contributed by atoms with Gasteiger partial charge in [-0.15, -0.1) is 0 Å². The van der Waals surface area contributed by atoms with Crippen LogP contribution in [0.4, 0.5) is 0 Å². The van der Waals surface area contributed by atoms with E-state index in [-0.39, 0.29) is 5.25 Å². The summed E-state index contributed by atoms with van der Waals surface area (Å²) in [6.45, 7) is 5.89. The second-order valence-electron chi connectivity index (χ2n) is 8.62. The maximum Gasteiger partial charge on any atom is 0.183 e. The third-order valence-electron chi connectivity index (χ3n) is 6.36. The summed E-state index contributed by atoms with van der Waals surface area (Å²) in [6, 6.07) is 17.3. The van der Waals surface area contributed by atoms with Gasteiger partial charge in [-0.3, -0.25) is 4.90 Å². The Morgan fingerprint density at radius 3 is 2.65 bits per heavy atom. The second kappa shape index (κ2) is 9.39. The molecule has 2 heterocycles. The number of nitrogens with one attached hydrogen (secondary N) is 1. The minimum Gasteiger partial charge on any atom is -0.493 e. The highest BCUT2D eigenvalue weighted by atomic mass is 32.2. The number of hydrogen-bond donors (Lipinski definition) is 1. The molecule has 1 unspecified atom stereocenters. The fraction of sp³-hybridized carbons (Fsp3) is 0.458. The van der Waals surface area contributed by atoms with Crippen molar-refractivity contribution in [3.63, 3.8) is 0 Å². The van der Waals surface area contributed by atoms with E-state index in [2.05, 4.69) is 29.3 Å². The average Bonchev–Trinajstić information content (AvgIpc) is 3.09. The SMILES string of the molecule is CC1C[C@H](COc2ccc(S(=O)(=O)C3CNC3)cc2)CN1CCc1cccc(C#N)c1. The van der Waals surface area contributed by atoms with Crippen molar-refractivity contribution < 1.29 is 13.2 Å². The van der Waals surface area contributed by atoms with Gasteiger partial charge >= 0.3 is 0 Å². The summed E-state index contributed by atoms with van der Waals surface area (Å²) >= 11 is 0. The molecule has 0 aromatic heterocycles. The molecule has 0 saturated carbocycles. The van der Waals surface area contributed by atoms with Gasteiger partial charge in [0.05, 0.1) is 28.4 Å². The van der Waals surface area contributed by atoms with Gasteiger partial charge in [0.1, 0.15) is 5.75 Å². The molecule has 2 atom stereocenters. The van der Waals surface area contributed by atoms with Gasteiger partial charge in [-0.2, -0.15) is 5.26 Å². The largest absolute Gasteiger partial charge is 0.493 e. The highest BCUT2D eigenvalue weighted by Crippen LogP contribution is 2.26. The number of sulfone groups is 1. The molecule has 0 radical (unpaired) electrons. The van der Waals surface area contributed by atoms with Crippen molar-refractivity contribution in [2.24, 2.45) is 5.92 Å². The summed E-state index contributed by atoms with van der Waals surface area (Å²) in [5, 5.41) is 11.8. The van der Waals surface area contributed by atoms with Crippen molar-refractivity contribution in [3.8, 4) is 11.8 Å². The maximum absolute atomic E-state index is 12.5. The fourth-order valence-electron chi connectivity index (χ4n) is 4.33. The molecular weight excluding hydrogens is 410 g/mol. The molecule has 2 saturated heterocycles. The first kappa shape index (κ1) is 21.8. The summed E-state index contributed by atoms with van der Waals surface area (Å²) in [5.74, 6) is 1.16. The lowest BCUT2D eigenvalue weighted by Gasteiger charge is -2.26. The van der Waals surface area contributed by atoms with E-state index in [9.17, 15) is 8.42 Å². The lowest BCUT2D eigenvalue weighted by molar-refractivity contribution is 0.234. The first-order valence-electron chi connectivity index (χ1n) is 10.9. The Bertz CT molecular complexity index is 1040. The minimum absolute atomic E-state index is 0.312. The van der Waals surface area contributed by atoms with Crippen molar-refractivity contribution in [1.82, 2.24) is 10.2 Å². The van der Waals surface area contributed by atoms with Gasteiger partial charge in [0.2, 0.25) is 0 Å². The molecule has 0 amide bonds. The van der Waals surface area contributed by atoms with E-state index in [0.29, 0.717) is 47.9 Å². The van der Waals surface area contributed by atoms with Gasteiger partial charge in [-0.05, 0) is 61.7 Å². The Balaban J connectivity index is 1.26. The molecule has 2 aromatic rings. The predicted octanol–water partition coefficient (Wildman–Crippen LogP) is 2.64. The number of benzene rings is 2. The number of likely N-dealkylation sites (tertiary alicyclic amines) is 1. The van der Waals surface area contributed by atoms with E-state index in [1.165, 1.54) is 5.56 Å². The van der Waals surface area contributed by atoms with Crippen LogP contribution in [-0.4, -0.2) is 57.4 Å². The fourth-order valence-corrected chi connectivity index (χ4v) is 5.91. The van der Waals surface area contributed by atoms with Gasteiger partial charge < -0.3 is 10.1 Å². The first-order chi connectivity index (χ1) is 15.0. The van der Waals surface area contributed by atoms with Crippen molar-refractivity contribution in [2.45, 2.75) is 36.0 Å². The van der Waals surface area contributed by atoms with Crippen molar-refractivity contribution in [2.75, 3.05) is 32.8 Å². The van der Waals surface area contributed by atoms with E-state index in [0.717, 1.165) is 25.9 Å². The van der Waals surface area contributed by atoms with Crippen LogP contribution in [0.25, 0.3) is 0 Å². The molecule has 6 nitrogen and oxygen atoms in total. The predicted molar refractivity (Wildman–Crippen MR) is 120 cm³/mol. The van der Waals surface area contributed by atoms with Crippen LogP contribution in [0, 0.1) is 17.2 Å². The number of ether oxygens (including phenoxy) is 1. The first-order valence-corrected chi connectivity index (χ1v) is 12.4. The Hall–Kier alpha value is -2.40. The Labute approximate surface area is 184 Å². The Kier molecular flexibility index (Phi) is 6.61. The number of nitriles is 1. The third-order valence-corrected chi connectivity index (χ3v) is 8.50. The summed E-state index contributed by atoms with van der Waals surface area (Å²) < 4.78 is 30.9. The summed E-state index contributed by atoms with van der Waals surface area (Å²) in [7, 11) is -3.24. The molecule has 31 heavy (non-hydrogen) atoms. The van der Waals surface area contributed by atoms with Gasteiger partial charge in [-0.1, -0.05) is 12.1 Å². The molecule has 2 aliphatic rings. The highest BCUT2D eigenvalue weighted by Gasteiger charge is 2.32. The second-order valence-corrected chi connectivity index (χ2v) is 10.8. The van der Waals surface area contributed by atoms with Gasteiger partial charge in [-0.25, -0.2) is 8.42 Å². The van der Waals surface area contributed by atoms with E-state index in [1.54, 1.807) is 24.3 Å². The maximum atomic E-state index is 12.5. The molecule has 0 spiro atoms. The smallest absolute Gasteiger partial charge is 0.183 e. The number of hydrogen-bond acceptors (Lipinski definition) is 6. The molecular formula is C24H29N3O3S. The zero-order valence-electron chi connectivity index (χ0n) is 17.8. The van der Waals surface area contributed by atoms with Crippen LogP contribution in [0.2, 0.25) is 0 Å². The van der Waals surface area contributed by atoms with Crippen LogP contribution in [0.3, 0.4) is 0 Å². The molecule has 2 fully saturated rings. The lowest BCUT2D eigenvalue weighted by atomic mass is 10.1. The van der Waals surface area contributed by atoms with Crippen LogP contribution in [-0.2, 0) is 16.3 Å². The van der Waals surface area contributed by atoms with E-state index in [4.69, 9.17) is 10.00 Å². The summed E-state index contributed by atoms with van der Waals surface area (Å²) in [4.78, 5) is 2.85. The third kappa shape index (κ3) is 5.09. The van der Waals surface area contributed by atoms with Crippen molar-refractivity contribution in [3.05, 3.63) is 59.7 Å². The van der Waals surface area contributed by atoms with Crippen LogP contribution >= 0.6 is 0 Å². The summed E-state index contributed by atoms with van der Waals surface area (Å²) in [6.07, 6.45) is 2.01. The topological polar surface area (TPSA) is 82.4 Å². The minimum atomic E-state index is -3.24. The lowest BCUT2D eigenvalue weighted by Crippen LogP contribution is -2.51. The Morgan fingerprint density at radius 1 is 1.19 bits per heavy atom. The summed E-state index contributed by atoms with van der Waals surface area (Å²) in [5.41, 5.74) is 1.90. The molecule has 4 rings (SSSR count). The van der Waals surface area contributed by atoms with E-state index in [1.807, 2.05) is 18.2 Å². The van der Waals surface area contributed by atoms with Crippen molar-refractivity contribution >= 4 is 9.84 Å². The molecule has 2 aliphatic heterocycles. The zero-order valence-corrected chi connectivity index (χ0v) is 18.6. The molecule has 164 valence electrons.